The summed E-state index contributed by atoms with van der Waals surface area (Å²) in [4.78, 5) is 12.1. The second-order valence-electron chi connectivity index (χ2n) is 5.51. The third-order valence-electron chi connectivity index (χ3n) is 3.70. The maximum absolute atomic E-state index is 12.1. The van der Waals surface area contributed by atoms with Gasteiger partial charge < -0.3 is 4.74 Å². The van der Waals surface area contributed by atoms with Crippen molar-refractivity contribution in [2.45, 2.75) is 58.0 Å². The maximum atomic E-state index is 12.1. The molecular formula is C17H25BrO2. The molecule has 0 aromatic heterocycles. The first-order chi connectivity index (χ1) is 9.54. The minimum atomic E-state index is -0.110. The Morgan fingerprint density at radius 2 is 1.95 bits per heavy atom. The quantitative estimate of drug-likeness (QED) is 0.499. The molecule has 0 bridgehead atoms. The number of ether oxygens (including phenoxy) is 1. The second kappa shape index (κ2) is 8.46. The van der Waals surface area contributed by atoms with Gasteiger partial charge in [-0.25, -0.2) is 0 Å². The fourth-order valence-corrected chi connectivity index (χ4v) is 2.90. The normalized spacial score (nSPS) is 14.1. The fourth-order valence-electron chi connectivity index (χ4n) is 2.62. The summed E-state index contributed by atoms with van der Waals surface area (Å²) in [6.07, 6.45) is 3.39. The van der Waals surface area contributed by atoms with Crippen molar-refractivity contribution < 1.29 is 9.53 Å². The molecule has 0 saturated heterocycles. The number of benzene rings is 1. The van der Waals surface area contributed by atoms with E-state index in [0.29, 0.717) is 6.42 Å². The van der Waals surface area contributed by atoms with Crippen molar-refractivity contribution in [2.24, 2.45) is 0 Å². The van der Waals surface area contributed by atoms with Crippen LogP contribution in [0.5, 0.6) is 0 Å². The molecule has 1 rings (SSSR count). The van der Waals surface area contributed by atoms with E-state index in [-0.39, 0.29) is 17.5 Å². The van der Waals surface area contributed by atoms with E-state index < -0.39 is 0 Å². The smallest absolute Gasteiger partial charge is 0.306 e. The topological polar surface area (TPSA) is 26.3 Å². The van der Waals surface area contributed by atoms with Crippen molar-refractivity contribution in [1.29, 1.82) is 0 Å². The van der Waals surface area contributed by atoms with E-state index in [1.54, 1.807) is 0 Å². The highest BCUT2D eigenvalue weighted by atomic mass is 79.9. The van der Waals surface area contributed by atoms with Crippen LogP contribution in [0.1, 0.15) is 52.0 Å². The van der Waals surface area contributed by atoms with E-state index in [0.717, 1.165) is 24.6 Å². The van der Waals surface area contributed by atoms with Crippen molar-refractivity contribution in [3.8, 4) is 0 Å². The molecule has 112 valence electrons. The van der Waals surface area contributed by atoms with Gasteiger partial charge in [0.25, 0.3) is 0 Å². The Bertz CT molecular complexity index is 403. The van der Waals surface area contributed by atoms with Crippen molar-refractivity contribution in [3.05, 3.63) is 35.9 Å². The largest absolute Gasteiger partial charge is 0.463 e. The molecule has 1 aromatic carbocycles. The summed E-state index contributed by atoms with van der Waals surface area (Å²) in [5.74, 6) is -0.0970. The molecule has 0 fully saturated rings. The number of rotatable bonds is 8. The molecule has 1 aromatic rings. The summed E-state index contributed by atoms with van der Waals surface area (Å²) >= 11 is 3.49. The summed E-state index contributed by atoms with van der Waals surface area (Å²) in [5, 5.41) is 0.959. The van der Waals surface area contributed by atoms with Crippen molar-refractivity contribution in [3.63, 3.8) is 0 Å². The first-order valence-electron chi connectivity index (χ1n) is 7.35. The number of hydrogen-bond donors (Lipinski definition) is 0. The van der Waals surface area contributed by atoms with Gasteiger partial charge in [0.05, 0.1) is 12.5 Å². The fraction of sp³-hybridized carbons (Fsp3) is 0.588. The lowest BCUT2D eigenvalue weighted by atomic mass is 9.72. The molecule has 0 saturated carbocycles. The molecule has 0 radical (unpaired) electrons. The summed E-state index contributed by atoms with van der Waals surface area (Å²) in [6.45, 7) is 5.95. The average molecular weight is 341 g/mol. The molecule has 20 heavy (non-hydrogen) atoms. The third kappa shape index (κ3) is 4.93. The zero-order valence-electron chi connectivity index (χ0n) is 12.7. The van der Waals surface area contributed by atoms with Gasteiger partial charge in [0, 0.05) is 10.7 Å². The number of carbonyl (C=O) groups is 1. The van der Waals surface area contributed by atoms with Gasteiger partial charge >= 0.3 is 5.97 Å². The van der Waals surface area contributed by atoms with Crippen LogP contribution in [-0.4, -0.2) is 17.4 Å². The van der Waals surface area contributed by atoms with Crippen molar-refractivity contribution in [1.82, 2.24) is 0 Å². The van der Waals surface area contributed by atoms with Gasteiger partial charge in [-0.3, -0.25) is 4.79 Å². The Labute approximate surface area is 131 Å². The molecule has 0 amide bonds. The highest BCUT2D eigenvalue weighted by molar-refractivity contribution is 9.09. The van der Waals surface area contributed by atoms with Crippen LogP contribution in [0.15, 0.2) is 30.3 Å². The first kappa shape index (κ1) is 17.2. The number of halogens is 1. The molecule has 1 atom stereocenters. The average Bonchev–Trinajstić information content (AvgIpc) is 2.43. The predicted molar refractivity (Wildman–Crippen MR) is 87.3 cm³/mol. The first-order valence-corrected chi connectivity index (χ1v) is 8.47. The molecular weight excluding hydrogens is 316 g/mol. The van der Waals surface area contributed by atoms with Crippen LogP contribution in [0.25, 0.3) is 0 Å². The Kier molecular flexibility index (Phi) is 7.28. The standard InChI is InChI=1S/C17H25BrO2/c1-4-17(11-8-12-18,13-16(19)20-14(2)3)15-9-6-5-7-10-15/h5-7,9-10,14H,4,8,11-13H2,1-3H3. The van der Waals surface area contributed by atoms with Crippen molar-refractivity contribution in [2.75, 3.05) is 5.33 Å². The molecule has 3 heteroatoms. The summed E-state index contributed by atoms with van der Waals surface area (Å²) in [7, 11) is 0. The van der Waals surface area contributed by atoms with E-state index in [9.17, 15) is 4.79 Å². The third-order valence-corrected chi connectivity index (χ3v) is 4.26. The number of alkyl halides is 1. The van der Waals surface area contributed by atoms with E-state index in [2.05, 4.69) is 35.0 Å². The molecule has 0 heterocycles. The van der Waals surface area contributed by atoms with Gasteiger partial charge in [-0.05, 0) is 38.7 Å². The summed E-state index contributed by atoms with van der Waals surface area (Å²) < 4.78 is 5.36. The zero-order valence-corrected chi connectivity index (χ0v) is 14.3. The minimum Gasteiger partial charge on any atom is -0.463 e. The van der Waals surface area contributed by atoms with Gasteiger partial charge in [0.1, 0.15) is 0 Å². The van der Waals surface area contributed by atoms with E-state index in [1.807, 2.05) is 32.0 Å². The lowest BCUT2D eigenvalue weighted by Gasteiger charge is -2.33. The predicted octanol–water partition coefficient (Wildman–Crippen LogP) is 4.85. The van der Waals surface area contributed by atoms with Gasteiger partial charge in [-0.2, -0.15) is 0 Å². The van der Waals surface area contributed by atoms with Crippen LogP contribution in [0, 0.1) is 0 Å². The van der Waals surface area contributed by atoms with Crippen LogP contribution in [-0.2, 0) is 14.9 Å². The Balaban J connectivity index is 2.96. The number of esters is 1. The van der Waals surface area contributed by atoms with E-state index in [4.69, 9.17) is 4.74 Å². The number of carbonyl (C=O) groups excluding carboxylic acids is 1. The molecule has 1 unspecified atom stereocenters. The van der Waals surface area contributed by atoms with Crippen LogP contribution in [0.4, 0.5) is 0 Å². The molecule has 2 nitrogen and oxygen atoms in total. The van der Waals surface area contributed by atoms with Crippen LogP contribution in [0.2, 0.25) is 0 Å². The van der Waals surface area contributed by atoms with Gasteiger partial charge in [-0.15, -0.1) is 0 Å². The van der Waals surface area contributed by atoms with E-state index in [1.165, 1.54) is 5.56 Å². The molecule has 0 aliphatic rings. The monoisotopic (exact) mass is 340 g/mol. The number of hydrogen-bond acceptors (Lipinski definition) is 2. The van der Waals surface area contributed by atoms with Gasteiger partial charge in [-0.1, -0.05) is 53.2 Å². The van der Waals surface area contributed by atoms with E-state index >= 15 is 0 Å². The van der Waals surface area contributed by atoms with Crippen LogP contribution < -0.4 is 0 Å². The van der Waals surface area contributed by atoms with Gasteiger partial charge in [0.15, 0.2) is 0 Å². The molecule has 0 aliphatic carbocycles. The summed E-state index contributed by atoms with van der Waals surface area (Å²) in [6, 6.07) is 10.4. The second-order valence-corrected chi connectivity index (χ2v) is 6.30. The summed E-state index contributed by atoms with van der Waals surface area (Å²) in [5.41, 5.74) is 1.13. The van der Waals surface area contributed by atoms with Gasteiger partial charge in [0.2, 0.25) is 0 Å². The molecule has 0 N–H and O–H groups in total. The highest BCUT2D eigenvalue weighted by Gasteiger charge is 2.33. The SMILES string of the molecule is CCC(CCCBr)(CC(=O)OC(C)C)c1ccccc1. The Hall–Kier alpha value is -0.830. The minimum absolute atomic E-state index is 0.0518. The lowest BCUT2D eigenvalue weighted by Crippen LogP contribution is -2.30. The molecule has 0 aliphatic heterocycles. The van der Waals surface area contributed by atoms with Crippen LogP contribution >= 0.6 is 15.9 Å². The highest BCUT2D eigenvalue weighted by Crippen LogP contribution is 2.37. The zero-order chi connectivity index (χ0) is 15.0. The Morgan fingerprint density at radius 3 is 2.45 bits per heavy atom. The maximum Gasteiger partial charge on any atom is 0.306 e. The van der Waals surface area contributed by atoms with Crippen molar-refractivity contribution >= 4 is 21.9 Å². The van der Waals surface area contributed by atoms with Crippen LogP contribution in [0.3, 0.4) is 0 Å². The molecule has 0 spiro atoms. The Morgan fingerprint density at radius 1 is 1.30 bits per heavy atom. The lowest BCUT2D eigenvalue weighted by molar-refractivity contribution is -0.149.